The lowest BCUT2D eigenvalue weighted by molar-refractivity contribution is -0.147. The van der Waals surface area contributed by atoms with Crippen molar-refractivity contribution in [3.05, 3.63) is 12.7 Å². The van der Waals surface area contributed by atoms with Crippen LogP contribution in [0.4, 0.5) is 0 Å². The topological polar surface area (TPSA) is 58.6 Å². The summed E-state index contributed by atoms with van der Waals surface area (Å²) in [6, 6.07) is 0. The molecule has 4 nitrogen and oxygen atoms in total. The predicted octanol–water partition coefficient (Wildman–Crippen LogP) is 1.64. The van der Waals surface area contributed by atoms with E-state index in [1.54, 1.807) is 19.9 Å². The molecule has 14 heavy (non-hydrogen) atoms. The van der Waals surface area contributed by atoms with E-state index < -0.39 is 5.54 Å². The predicted molar refractivity (Wildman–Crippen MR) is 54.0 cm³/mol. The average Bonchev–Trinajstić information content (AvgIpc) is 2.16. The molecule has 0 rings (SSSR count). The van der Waals surface area contributed by atoms with E-state index in [4.69, 9.17) is 9.94 Å². The Morgan fingerprint density at radius 3 is 2.79 bits per heavy atom. The summed E-state index contributed by atoms with van der Waals surface area (Å²) in [5, 5.41) is 8.67. The van der Waals surface area contributed by atoms with Crippen LogP contribution in [0.2, 0.25) is 0 Å². The summed E-state index contributed by atoms with van der Waals surface area (Å²) in [6.45, 7) is 7.20. The number of unbranched alkanes of at least 4 members (excludes halogenated alkanes) is 1. The Kier molecular flexibility index (Phi) is 6.16. The van der Waals surface area contributed by atoms with Crippen LogP contribution in [0, 0.1) is 0 Å². The second-order valence-electron chi connectivity index (χ2n) is 3.84. The standard InChI is InChI=1S/C10H19NO3/c1-4-5-6-7-9(12)14-8-10(2,3)11-13/h4,11,13H,1,5-8H2,2-3H3. The molecule has 0 saturated heterocycles. The van der Waals surface area contributed by atoms with Gasteiger partial charge >= 0.3 is 5.97 Å². The average molecular weight is 201 g/mol. The molecule has 0 aliphatic carbocycles. The highest BCUT2D eigenvalue weighted by Gasteiger charge is 2.18. The number of rotatable bonds is 7. The Morgan fingerprint density at radius 2 is 2.29 bits per heavy atom. The maximum Gasteiger partial charge on any atom is 0.305 e. The van der Waals surface area contributed by atoms with Gasteiger partial charge in [0.15, 0.2) is 0 Å². The number of hydroxylamine groups is 1. The van der Waals surface area contributed by atoms with Crippen LogP contribution in [0.25, 0.3) is 0 Å². The van der Waals surface area contributed by atoms with Crippen LogP contribution in [0.15, 0.2) is 12.7 Å². The van der Waals surface area contributed by atoms with Crippen molar-refractivity contribution in [2.24, 2.45) is 0 Å². The fourth-order valence-electron chi connectivity index (χ4n) is 0.756. The number of allylic oxidation sites excluding steroid dienone is 1. The number of carbonyl (C=O) groups is 1. The van der Waals surface area contributed by atoms with E-state index in [9.17, 15) is 4.79 Å². The molecule has 0 aliphatic heterocycles. The number of esters is 1. The van der Waals surface area contributed by atoms with Crippen LogP contribution in [-0.2, 0) is 9.53 Å². The minimum atomic E-state index is -0.589. The van der Waals surface area contributed by atoms with Gasteiger partial charge in [0.2, 0.25) is 0 Å². The van der Waals surface area contributed by atoms with Gasteiger partial charge in [0.1, 0.15) is 6.61 Å². The molecule has 0 aliphatic rings. The van der Waals surface area contributed by atoms with Crippen molar-refractivity contribution < 1.29 is 14.7 Å². The van der Waals surface area contributed by atoms with Crippen LogP contribution >= 0.6 is 0 Å². The second-order valence-corrected chi connectivity index (χ2v) is 3.84. The highest BCUT2D eigenvalue weighted by Crippen LogP contribution is 2.04. The van der Waals surface area contributed by atoms with Gasteiger partial charge in [-0.05, 0) is 26.7 Å². The van der Waals surface area contributed by atoms with Gasteiger partial charge in [-0.2, -0.15) is 5.48 Å². The molecule has 0 unspecified atom stereocenters. The number of ether oxygens (including phenoxy) is 1. The van der Waals surface area contributed by atoms with Crippen molar-refractivity contribution >= 4 is 5.97 Å². The molecule has 0 aromatic heterocycles. The highest BCUT2D eigenvalue weighted by atomic mass is 16.5. The Hall–Kier alpha value is -0.870. The van der Waals surface area contributed by atoms with E-state index in [-0.39, 0.29) is 12.6 Å². The third-order valence-corrected chi connectivity index (χ3v) is 1.69. The normalized spacial score (nSPS) is 11.1. The number of hydrogen-bond donors (Lipinski definition) is 2. The lowest BCUT2D eigenvalue weighted by atomic mass is 10.1. The monoisotopic (exact) mass is 201 g/mol. The molecule has 82 valence electrons. The first kappa shape index (κ1) is 13.1. The molecule has 4 heteroatoms. The maximum absolute atomic E-state index is 11.1. The van der Waals surface area contributed by atoms with Crippen molar-refractivity contribution in [3.8, 4) is 0 Å². The zero-order valence-corrected chi connectivity index (χ0v) is 8.88. The summed E-state index contributed by atoms with van der Waals surface area (Å²) in [5.74, 6) is -0.241. The smallest absolute Gasteiger partial charge is 0.305 e. The zero-order valence-electron chi connectivity index (χ0n) is 8.88. The minimum Gasteiger partial charge on any atom is -0.464 e. The lowest BCUT2D eigenvalue weighted by Gasteiger charge is -2.21. The molecule has 0 saturated carbocycles. The van der Waals surface area contributed by atoms with Crippen molar-refractivity contribution in [3.63, 3.8) is 0 Å². The first-order valence-electron chi connectivity index (χ1n) is 4.69. The molecular formula is C10H19NO3. The minimum absolute atomic E-state index is 0.163. The van der Waals surface area contributed by atoms with E-state index >= 15 is 0 Å². The van der Waals surface area contributed by atoms with E-state index in [2.05, 4.69) is 12.1 Å². The van der Waals surface area contributed by atoms with Crippen molar-refractivity contribution in [1.82, 2.24) is 5.48 Å². The molecule has 0 spiro atoms. The summed E-state index contributed by atoms with van der Waals surface area (Å²) in [6.07, 6.45) is 3.74. The largest absolute Gasteiger partial charge is 0.464 e. The van der Waals surface area contributed by atoms with Gasteiger partial charge in [-0.3, -0.25) is 4.79 Å². The SMILES string of the molecule is C=CCCCC(=O)OCC(C)(C)NO. The Labute approximate surface area is 84.9 Å². The summed E-state index contributed by atoms with van der Waals surface area (Å²) in [5.41, 5.74) is 1.48. The maximum atomic E-state index is 11.1. The van der Waals surface area contributed by atoms with Gasteiger partial charge < -0.3 is 9.94 Å². The van der Waals surface area contributed by atoms with Gasteiger partial charge in [-0.25, -0.2) is 0 Å². The van der Waals surface area contributed by atoms with Crippen molar-refractivity contribution in [2.75, 3.05) is 6.61 Å². The quantitative estimate of drug-likeness (QED) is 0.284. The Balaban J connectivity index is 3.58. The molecule has 0 bridgehead atoms. The van der Waals surface area contributed by atoms with Crippen LogP contribution in [0.5, 0.6) is 0 Å². The summed E-state index contributed by atoms with van der Waals surface area (Å²) >= 11 is 0. The van der Waals surface area contributed by atoms with Gasteiger partial charge in [0, 0.05) is 6.42 Å². The van der Waals surface area contributed by atoms with Crippen molar-refractivity contribution in [1.29, 1.82) is 0 Å². The summed E-state index contributed by atoms with van der Waals surface area (Å²) in [4.78, 5) is 11.1. The molecule has 0 aromatic carbocycles. The Bertz CT molecular complexity index is 190. The van der Waals surface area contributed by atoms with Gasteiger partial charge in [0.05, 0.1) is 5.54 Å². The summed E-state index contributed by atoms with van der Waals surface area (Å²) < 4.78 is 4.95. The first-order valence-corrected chi connectivity index (χ1v) is 4.69. The van der Waals surface area contributed by atoms with Crippen LogP contribution in [-0.4, -0.2) is 23.3 Å². The van der Waals surface area contributed by atoms with E-state index in [0.717, 1.165) is 12.8 Å². The third kappa shape index (κ3) is 6.62. The number of hydrogen-bond acceptors (Lipinski definition) is 4. The zero-order chi connectivity index (χ0) is 11.0. The number of nitrogens with one attached hydrogen (secondary N) is 1. The molecule has 0 radical (unpaired) electrons. The third-order valence-electron chi connectivity index (χ3n) is 1.69. The van der Waals surface area contributed by atoms with Gasteiger partial charge in [-0.15, -0.1) is 6.58 Å². The van der Waals surface area contributed by atoms with Crippen LogP contribution < -0.4 is 5.48 Å². The Morgan fingerprint density at radius 1 is 1.64 bits per heavy atom. The van der Waals surface area contributed by atoms with Crippen molar-refractivity contribution in [2.45, 2.75) is 38.6 Å². The fourth-order valence-corrected chi connectivity index (χ4v) is 0.756. The fraction of sp³-hybridized carbons (Fsp3) is 0.700. The van der Waals surface area contributed by atoms with Crippen LogP contribution in [0.1, 0.15) is 33.1 Å². The molecule has 0 amide bonds. The van der Waals surface area contributed by atoms with E-state index in [1.165, 1.54) is 0 Å². The van der Waals surface area contributed by atoms with E-state index in [0.29, 0.717) is 6.42 Å². The lowest BCUT2D eigenvalue weighted by Crippen LogP contribution is -2.42. The van der Waals surface area contributed by atoms with E-state index in [1.807, 2.05) is 0 Å². The molecule has 0 fully saturated rings. The van der Waals surface area contributed by atoms with Gasteiger partial charge in [0.25, 0.3) is 0 Å². The number of carbonyl (C=O) groups excluding carboxylic acids is 1. The first-order chi connectivity index (χ1) is 6.52. The van der Waals surface area contributed by atoms with Crippen LogP contribution in [0.3, 0.4) is 0 Å². The molecule has 2 N–H and O–H groups in total. The summed E-state index contributed by atoms with van der Waals surface area (Å²) in [7, 11) is 0. The molecule has 0 heterocycles. The molecule has 0 atom stereocenters. The van der Waals surface area contributed by atoms with Gasteiger partial charge in [-0.1, -0.05) is 6.08 Å². The molecular weight excluding hydrogens is 182 g/mol. The molecule has 0 aromatic rings. The highest BCUT2D eigenvalue weighted by molar-refractivity contribution is 5.69. The second kappa shape index (κ2) is 6.56.